The lowest BCUT2D eigenvalue weighted by Gasteiger charge is -2.55. The van der Waals surface area contributed by atoms with E-state index in [1.807, 2.05) is 24.3 Å². The number of anilines is 1. The Balaban J connectivity index is 1.05. The highest BCUT2D eigenvalue weighted by molar-refractivity contribution is 6.05. The molecule has 9 heteroatoms. The molecule has 0 radical (unpaired) electrons. The van der Waals surface area contributed by atoms with Gasteiger partial charge in [0, 0.05) is 55.5 Å². The Hall–Kier alpha value is -3.77. The minimum absolute atomic E-state index is 0.129. The normalized spacial score (nSPS) is 23.3. The number of nitrogens with one attached hydrogen (secondary N) is 1. The van der Waals surface area contributed by atoms with Crippen LogP contribution in [0.25, 0.3) is 0 Å². The highest BCUT2D eigenvalue weighted by atomic mass is 16.2. The van der Waals surface area contributed by atoms with Crippen molar-refractivity contribution in [1.29, 1.82) is 5.26 Å². The predicted molar refractivity (Wildman–Crippen MR) is 131 cm³/mol. The average molecular weight is 485 g/mol. The number of hydrogen-bond donors (Lipinski definition) is 1. The first-order valence-electron chi connectivity index (χ1n) is 12.5. The summed E-state index contributed by atoms with van der Waals surface area (Å²) in [5, 5.41) is 11.3. The molecule has 3 saturated heterocycles. The zero-order valence-corrected chi connectivity index (χ0v) is 20.1. The fourth-order valence-corrected chi connectivity index (χ4v) is 6.02. The third kappa shape index (κ3) is 4.01. The number of imide groups is 1. The van der Waals surface area contributed by atoms with Crippen LogP contribution in [0, 0.1) is 16.7 Å². The van der Waals surface area contributed by atoms with Gasteiger partial charge in [0.1, 0.15) is 12.1 Å². The summed E-state index contributed by atoms with van der Waals surface area (Å²) in [5.74, 6) is -0.778. The Morgan fingerprint density at radius 2 is 1.92 bits per heavy atom. The number of likely N-dealkylation sites (tertiary alicyclic amines) is 1. The molecular weight excluding hydrogens is 456 g/mol. The molecule has 0 aliphatic carbocycles. The van der Waals surface area contributed by atoms with Gasteiger partial charge in [0.15, 0.2) is 0 Å². The summed E-state index contributed by atoms with van der Waals surface area (Å²) in [6.07, 6.45) is 4.57. The maximum atomic E-state index is 12.9. The Kier molecular flexibility index (Phi) is 5.49. The SMILES string of the molecule is N#Cc1ccc(CN2CCC3(CC2)CN(c2ccc4c(c2)CN(C2CCC(=O)NC2=O)C4=O)C3)nc1. The van der Waals surface area contributed by atoms with Crippen molar-refractivity contribution < 1.29 is 14.4 Å². The first-order chi connectivity index (χ1) is 17.4. The highest BCUT2D eigenvalue weighted by Gasteiger charge is 2.45. The van der Waals surface area contributed by atoms with E-state index < -0.39 is 6.04 Å². The number of benzene rings is 1. The van der Waals surface area contributed by atoms with Crippen LogP contribution in [-0.2, 0) is 22.7 Å². The standard InChI is InChI=1S/C27H28N6O3/c28-12-18-1-2-20(29-13-18)15-31-9-7-27(8-10-31)16-32(17-27)21-3-4-22-19(11-21)14-33(26(22)36)23-5-6-24(34)30-25(23)35/h1-4,11,13,23H,5-10,14-17H2,(H,30,34,35). The molecule has 0 saturated carbocycles. The molecule has 36 heavy (non-hydrogen) atoms. The number of pyridine rings is 1. The van der Waals surface area contributed by atoms with Crippen molar-refractivity contribution >= 4 is 23.4 Å². The van der Waals surface area contributed by atoms with E-state index in [1.165, 1.54) is 0 Å². The lowest BCUT2D eigenvalue weighted by Crippen LogP contribution is -2.60. The average Bonchev–Trinajstić information content (AvgIpc) is 3.19. The van der Waals surface area contributed by atoms with Crippen LogP contribution in [0.1, 0.15) is 52.9 Å². The van der Waals surface area contributed by atoms with Gasteiger partial charge in [0.05, 0.1) is 11.3 Å². The number of carbonyl (C=O) groups is 3. The quantitative estimate of drug-likeness (QED) is 0.659. The van der Waals surface area contributed by atoms with Crippen LogP contribution >= 0.6 is 0 Å². The lowest BCUT2D eigenvalue weighted by atomic mass is 9.71. The molecule has 0 bridgehead atoms. The molecule has 4 aliphatic heterocycles. The Bertz CT molecular complexity index is 1270. The van der Waals surface area contributed by atoms with E-state index in [0.29, 0.717) is 29.5 Å². The second kappa shape index (κ2) is 8.71. The number of nitriles is 1. The van der Waals surface area contributed by atoms with Crippen LogP contribution in [0.3, 0.4) is 0 Å². The minimum atomic E-state index is -0.581. The summed E-state index contributed by atoms with van der Waals surface area (Å²) in [6, 6.07) is 11.3. The van der Waals surface area contributed by atoms with Crippen molar-refractivity contribution in [2.24, 2.45) is 5.41 Å². The van der Waals surface area contributed by atoms with E-state index in [2.05, 4.69) is 32.2 Å². The summed E-state index contributed by atoms with van der Waals surface area (Å²) < 4.78 is 0. The van der Waals surface area contributed by atoms with Crippen molar-refractivity contribution in [1.82, 2.24) is 20.1 Å². The molecule has 1 N–H and O–H groups in total. The topological polar surface area (TPSA) is 110 Å². The number of carbonyl (C=O) groups excluding carboxylic acids is 3. The van der Waals surface area contributed by atoms with E-state index in [-0.39, 0.29) is 24.1 Å². The fraction of sp³-hybridized carbons (Fsp3) is 0.444. The second-order valence-corrected chi connectivity index (χ2v) is 10.5. The van der Waals surface area contributed by atoms with Gasteiger partial charge in [-0.05, 0) is 68.2 Å². The molecule has 1 spiro atoms. The number of rotatable bonds is 4. The number of hydrogen-bond acceptors (Lipinski definition) is 7. The summed E-state index contributed by atoms with van der Waals surface area (Å²) >= 11 is 0. The van der Waals surface area contributed by atoms with Crippen LogP contribution in [0.2, 0.25) is 0 Å². The van der Waals surface area contributed by atoms with Gasteiger partial charge in [0.2, 0.25) is 11.8 Å². The zero-order valence-electron chi connectivity index (χ0n) is 20.1. The van der Waals surface area contributed by atoms with Gasteiger partial charge >= 0.3 is 0 Å². The Morgan fingerprint density at radius 3 is 2.61 bits per heavy atom. The van der Waals surface area contributed by atoms with E-state index in [4.69, 9.17) is 5.26 Å². The summed E-state index contributed by atoms with van der Waals surface area (Å²) in [5.41, 5.74) is 4.66. The summed E-state index contributed by atoms with van der Waals surface area (Å²) in [4.78, 5) is 47.6. The van der Waals surface area contributed by atoms with Crippen molar-refractivity contribution in [2.45, 2.75) is 44.8 Å². The molecule has 3 fully saturated rings. The summed E-state index contributed by atoms with van der Waals surface area (Å²) in [6.45, 7) is 5.32. The van der Waals surface area contributed by atoms with Gasteiger partial charge in [-0.15, -0.1) is 0 Å². The Morgan fingerprint density at radius 1 is 1.11 bits per heavy atom. The molecule has 184 valence electrons. The predicted octanol–water partition coefficient (Wildman–Crippen LogP) is 1.82. The molecule has 5 heterocycles. The third-order valence-electron chi connectivity index (χ3n) is 8.18. The smallest absolute Gasteiger partial charge is 0.255 e. The molecular formula is C27H28N6O3. The van der Waals surface area contributed by atoms with Gasteiger partial charge in [-0.3, -0.25) is 29.6 Å². The molecule has 3 amide bonds. The fourth-order valence-electron chi connectivity index (χ4n) is 6.02. The molecule has 1 atom stereocenters. The van der Waals surface area contributed by atoms with Crippen molar-refractivity contribution in [2.75, 3.05) is 31.1 Å². The van der Waals surface area contributed by atoms with Crippen LogP contribution in [0.5, 0.6) is 0 Å². The van der Waals surface area contributed by atoms with Crippen molar-refractivity contribution in [3.8, 4) is 6.07 Å². The first kappa shape index (κ1) is 22.7. The molecule has 1 aromatic heterocycles. The maximum Gasteiger partial charge on any atom is 0.255 e. The third-order valence-corrected chi connectivity index (χ3v) is 8.18. The number of aromatic nitrogens is 1. The summed E-state index contributed by atoms with van der Waals surface area (Å²) in [7, 11) is 0. The van der Waals surface area contributed by atoms with E-state index in [0.717, 1.165) is 62.5 Å². The molecule has 1 unspecified atom stereocenters. The second-order valence-electron chi connectivity index (χ2n) is 10.5. The Labute approximate surface area is 209 Å². The van der Waals surface area contributed by atoms with Gasteiger partial charge in [-0.2, -0.15) is 5.26 Å². The maximum absolute atomic E-state index is 12.9. The number of piperidine rings is 2. The molecule has 1 aromatic carbocycles. The monoisotopic (exact) mass is 484 g/mol. The van der Waals surface area contributed by atoms with Gasteiger partial charge in [-0.1, -0.05) is 0 Å². The van der Waals surface area contributed by atoms with Crippen LogP contribution in [-0.4, -0.2) is 64.7 Å². The lowest BCUT2D eigenvalue weighted by molar-refractivity contribution is -0.136. The van der Waals surface area contributed by atoms with Crippen LogP contribution in [0.15, 0.2) is 36.5 Å². The number of fused-ring (bicyclic) bond motifs is 1. The first-order valence-corrected chi connectivity index (χ1v) is 12.5. The number of amides is 3. The van der Waals surface area contributed by atoms with Gasteiger partial charge < -0.3 is 9.80 Å². The van der Waals surface area contributed by atoms with Crippen LogP contribution in [0.4, 0.5) is 5.69 Å². The van der Waals surface area contributed by atoms with Crippen molar-refractivity contribution in [3.63, 3.8) is 0 Å². The molecule has 9 nitrogen and oxygen atoms in total. The molecule has 4 aliphatic rings. The minimum Gasteiger partial charge on any atom is -0.370 e. The highest BCUT2D eigenvalue weighted by Crippen LogP contribution is 2.43. The molecule has 2 aromatic rings. The molecule has 6 rings (SSSR count). The van der Waals surface area contributed by atoms with E-state index in [9.17, 15) is 14.4 Å². The van der Waals surface area contributed by atoms with Crippen molar-refractivity contribution in [3.05, 3.63) is 58.9 Å². The van der Waals surface area contributed by atoms with E-state index >= 15 is 0 Å². The zero-order chi connectivity index (χ0) is 24.9. The van der Waals surface area contributed by atoms with Gasteiger partial charge in [-0.25, -0.2) is 0 Å². The van der Waals surface area contributed by atoms with E-state index in [1.54, 1.807) is 11.1 Å². The van der Waals surface area contributed by atoms with Gasteiger partial charge in [0.25, 0.3) is 5.91 Å². The number of nitrogens with zero attached hydrogens (tertiary/aromatic N) is 5. The van der Waals surface area contributed by atoms with Crippen LogP contribution < -0.4 is 10.2 Å². The largest absolute Gasteiger partial charge is 0.370 e.